The second kappa shape index (κ2) is 5.46. The van der Waals surface area contributed by atoms with Crippen molar-refractivity contribution in [2.45, 2.75) is 32.2 Å². The molecule has 1 amide bonds. The van der Waals surface area contributed by atoms with Crippen molar-refractivity contribution in [3.8, 4) is 0 Å². The van der Waals surface area contributed by atoms with E-state index in [2.05, 4.69) is 6.58 Å². The van der Waals surface area contributed by atoms with Gasteiger partial charge in [-0.3, -0.25) is 4.79 Å². The standard InChI is InChI=1S/C12H22N2O2/c1-3-7-14(8-9-15)11(16)12(2)6-4-5-10(12)13/h3,10,15H,1,4-9,13H2,2H3. The third-order valence-corrected chi connectivity index (χ3v) is 3.52. The van der Waals surface area contributed by atoms with Crippen LogP contribution in [0.4, 0.5) is 0 Å². The van der Waals surface area contributed by atoms with Gasteiger partial charge >= 0.3 is 0 Å². The molecule has 92 valence electrons. The van der Waals surface area contributed by atoms with E-state index in [1.807, 2.05) is 6.92 Å². The molecule has 3 N–H and O–H groups in total. The number of hydrogen-bond donors (Lipinski definition) is 2. The molecule has 0 aromatic rings. The number of nitrogens with two attached hydrogens (primary N) is 1. The molecular weight excluding hydrogens is 204 g/mol. The van der Waals surface area contributed by atoms with Crippen molar-refractivity contribution in [3.05, 3.63) is 12.7 Å². The van der Waals surface area contributed by atoms with Crippen LogP contribution in [-0.4, -0.2) is 41.7 Å². The Bertz CT molecular complexity index is 268. The Hall–Kier alpha value is -0.870. The number of carbonyl (C=O) groups is 1. The quantitative estimate of drug-likeness (QED) is 0.671. The SMILES string of the molecule is C=CCN(CCO)C(=O)C1(C)CCCC1N. The molecule has 0 aromatic heterocycles. The van der Waals surface area contributed by atoms with Crippen LogP contribution in [0.1, 0.15) is 26.2 Å². The molecule has 4 nitrogen and oxygen atoms in total. The van der Waals surface area contributed by atoms with Crippen LogP contribution in [0.2, 0.25) is 0 Å². The normalized spacial score (nSPS) is 29.1. The van der Waals surface area contributed by atoms with Crippen LogP contribution in [0.25, 0.3) is 0 Å². The molecule has 2 unspecified atom stereocenters. The minimum Gasteiger partial charge on any atom is -0.395 e. The van der Waals surface area contributed by atoms with E-state index in [9.17, 15) is 4.79 Å². The average molecular weight is 226 g/mol. The Kier molecular flexibility index (Phi) is 4.50. The zero-order valence-electron chi connectivity index (χ0n) is 9.98. The van der Waals surface area contributed by atoms with E-state index in [0.29, 0.717) is 13.1 Å². The molecule has 1 rings (SSSR count). The van der Waals surface area contributed by atoms with Gasteiger partial charge in [-0.1, -0.05) is 12.5 Å². The van der Waals surface area contributed by atoms with Crippen LogP contribution in [-0.2, 0) is 4.79 Å². The zero-order valence-corrected chi connectivity index (χ0v) is 9.98. The molecule has 0 spiro atoms. The Balaban J connectivity index is 2.76. The lowest BCUT2D eigenvalue weighted by molar-refractivity contribution is -0.141. The van der Waals surface area contributed by atoms with Crippen molar-refractivity contribution < 1.29 is 9.90 Å². The van der Waals surface area contributed by atoms with Gasteiger partial charge in [0.2, 0.25) is 5.91 Å². The average Bonchev–Trinajstić information content (AvgIpc) is 2.59. The van der Waals surface area contributed by atoms with Gasteiger partial charge in [0.15, 0.2) is 0 Å². The van der Waals surface area contributed by atoms with Gasteiger partial charge < -0.3 is 15.7 Å². The van der Waals surface area contributed by atoms with Gasteiger partial charge in [-0.05, 0) is 19.8 Å². The first-order chi connectivity index (χ1) is 7.56. The van der Waals surface area contributed by atoms with Crippen molar-refractivity contribution in [2.75, 3.05) is 19.7 Å². The fourth-order valence-corrected chi connectivity index (χ4v) is 2.37. The molecule has 2 atom stereocenters. The summed E-state index contributed by atoms with van der Waals surface area (Å²) in [6, 6.07) is -0.0639. The van der Waals surface area contributed by atoms with Crippen LogP contribution >= 0.6 is 0 Å². The van der Waals surface area contributed by atoms with Gasteiger partial charge in [-0.25, -0.2) is 0 Å². The summed E-state index contributed by atoms with van der Waals surface area (Å²) in [5.41, 5.74) is 5.55. The molecule has 16 heavy (non-hydrogen) atoms. The second-order valence-corrected chi connectivity index (χ2v) is 4.68. The fraction of sp³-hybridized carbons (Fsp3) is 0.750. The van der Waals surface area contributed by atoms with Crippen molar-refractivity contribution in [1.82, 2.24) is 4.90 Å². The summed E-state index contributed by atoms with van der Waals surface area (Å²) in [6.07, 6.45) is 4.43. The third kappa shape index (κ3) is 2.44. The summed E-state index contributed by atoms with van der Waals surface area (Å²) in [4.78, 5) is 14.0. The number of aliphatic hydroxyl groups excluding tert-OH is 1. The highest BCUT2D eigenvalue weighted by atomic mass is 16.3. The maximum absolute atomic E-state index is 12.3. The number of carbonyl (C=O) groups excluding carboxylic acids is 1. The van der Waals surface area contributed by atoms with Crippen molar-refractivity contribution in [3.63, 3.8) is 0 Å². The van der Waals surface area contributed by atoms with E-state index in [0.717, 1.165) is 19.3 Å². The van der Waals surface area contributed by atoms with Crippen LogP contribution in [0.5, 0.6) is 0 Å². The fourth-order valence-electron chi connectivity index (χ4n) is 2.37. The summed E-state index contributed by atoms with van der Waals surface area (Å²) in [6.45, 7) is 6.36. The van der Waals surface area contributed by atoms with Crippen LogP contribution in [0.3, 0.4) is 0 Å². The van der Waals surface area contributed by atoms with Gasteiger partial charge in [0.05, 0.1) is 12.0 Å². The second-order valence-electron chi connectivity index (χ2n) is 4.68. The highest BCUT2D eigenvalue weighted by Gasteiger charge is 2.44. The smallest absolute Gasteiger partial charge is 0.230 e. The highest BCUT2D eigenvalue weighted by Crippen LogP contribution is 2.38. The number of nitrogens with zero attached hydrogens (tertiary/aromatic N) is 1. The third-order valence-electron chi connectivity index (χ3n) is 3.52. The van der Waals surface area contributed by atoms with Gasteiger partial charge in [-0.2, -0.15) is 0 Å². The largest absolute Gasteiger partial charge is 0.395 e. The Labute approximate surface area is 97.1 Å². The minimum absolute atomic E-state index is 0.0229. The lowest BCUT2D eigenvalue weighted by atomic mass is 9.83. The summed E-state index contributed by atoms with van der Waals surface area (Å²) < 4.78 is 0. The van der Waals surface area contributed by atoms with Crippen LogP contribution in [0.15, 0.2) is 12.7 Å². The Morgan fingerprint density at radius 3 is 2.88 bits per heavy atom. The number of rotatable bonds is 5. The van der Waals surface area contributed by atoms with E-state index in [-0.39, 0.29) is 18.6 Å². The molecule has 0 heterocycles. The van der Waals surface area contributed by atoms with E-state index in [1.165, 1.54) is 0 Å². The van der Waals surface area contributed by atoms with Gasteiger partial charge in [-0.15, -0.1) is 6.58 Å². The summed E-state index contributed by atoms with van der Waals surface area (Å²) in [5.74, 6) is 0.0476. The van der Waals surface area contributed by atoms with Crippen molar-refractivity contribution in [1.29, 1.82) is 0 Å². The first kappa shape index (κ1) is 13.2. The maximum atomic E-state index is 12.3. The van der Waals surface area contributed by atoms with E-state index >= 15 is 0 Å². The highest BCUT2D eigenvalue weighted by molar-refractivity contribution is 5.83. The van der Waals surface area contributed by atoms with Crippen LogP contribution < -0.4 is 5.73 Å². The van der Waals surface area contributed by atoms with E-state index in [1.54, 1.807) is 11.0 Å². The monoisotopic (exact) mass is 226 g/mol. The molecule has 1 saturated carbocycles. The first-order valence-corrected chi connectivity index (χ1v) is 5.83. The molecule has 0 radical (unpaired) electrons. The molecule has 1 aliphatic rings. The molecule has 1 fully saturated rings. The lowest BCUT2D eigenvalue weighted by Crippen LogP contribution is -2.50. The van der Waals surface area contributed by atoms with Gasteiger partial charge in [0.1, 0.15) is 0 Å². The van der Waals surface area contributed by atoms with Gasteiger partial charge in [0, 0.05) is 19.1 Å². The predicted octanol–water partition coefficient (Wildman–Crippen LogP) is 0.511. The maximum Gasteiger partial charge on any atom is 0.230 e. The lowest BCUT2D eigenvalue weighted by Gasteiger charge is -2.33. The number of amides is 1. The Morgan fingerprint density at radius 2 is 2.44 bits per heavy atom. The van der Waals surface area contributed by atoms with Crippen molar-refractivity contribution in [2.24, 2.45) is 11.1 Å². The van der Waals surface area contributed by atoms with E-state index < -0.39 is 5.41 Å². The van der Waals surface area contributed by atoms with Gasteiger partial charge in [0.25, 0.3) is 0 Å². The first-order valence-electron chi connectivity index (χ1n) is 5.83. The molecule has 0 saturated heterocycles. The predicted molar refractivity (Wildman–Crippen MR) is 63.8 cm³/mol. The summed E-state index contributed by atoms with van der Waals surface area (Å²) in [7, 11) is 0. The van der Waals surface area contributed by atoms with E-state index in [4.69, 9.17) is 10.8 Å². The molecule has 4 heteroatoms. The topological polar surface area (TPSA) is 66.6 Å². The molecule has 0 aliphatic heterocycles. The molecular formula is C12H22N2O2. The number of hydrogen-bond acceptors (Lipinski definition) is 3. The van der Waals surface area contributed by atoms with Crippen molar-refractivity contribution >= 4 is 5.91 Å². The van der Waals surface area contributed by atoms with Crippen LogP contribution in [0, 0.1) is 5.41 Å². The minimum atomic E-state index is -0.460. The summed E-state index contributed by atoms with van der Waals surface area (Å²) >= 11 is 0. The summed E-state index contributed by atoms with van der Waals surface area (Å²) in [5, 5.41) is 8.95. The molecule has 0 aromatic carbocycles. The Morgan fingerprint density at radius 1 is 1.75 bits per heavy atom. The zero-order chi connectivity index (χ0) is 12.2. The molecule has 0 bridgehead atoms. The molecule has 1 aliphatic carbocycles. The number of aliphatic hydroxyl groups is 1.